The summed E-state index contributed by atoms with van der Waals surface area (Å²) in [4.78, 5) is 10.1. The van der Waals surface area contributed by atoms with E-state index in [-0.39, 0.29) is 12.2 Å². The number of aliphatic hydroxyl groups is 1. The minimum absolute atomic E-state index is 0.0481. The maximum absolute atomic E-state index is 10.6. The molecule has 2 rings (SSSR count). The fourth-order valence-electron chi connectivity index (χ4n) is 2.90. The van der Waals surface area contributed by atoms with Crippen LogP contribution in [0.4, 0.5) is 5.69 Å². The van der Waals surface area contributed by atoms with Crippen LogP contribution in [0.3, 0.4) is 0 Å². The largest absolute Gasteiger partial charge is 0.390 e. The van der Waals surface area contributed by atoms with Crippen molar-refractivity contribution in [1.29, 1.82) is 0 Å². The van der Waals surface area contributed by atoms with Gasteiger partial charge in [0.1, 0.15) is 12.4 Å². The summed E-state index contributed by atoms with van der Waals surface area (Å²) in [7, 11) is 0. The van der Waals surface area contributed by atoms with E-state index in [9.17, 15) is 15.2 Å². The lowest BCUT2D eigenvalue weighted by Gasteiger charge is -2.29. The molecule has 0 aliphatic heterocycles. The van der Waals surface area contributed by atoms with Crippen molar-refractivity contribution in [2.24, 2.45) is 5.92 Å². The molecule has 7 heteroatoms. The van der Waals surface area contributed by atoms with Gasteiger partial charge in [-0.2, -0.15) is 5.10 Å². The molecule has 1 atom stereocenters. The van der Waals surface area contributed by atoms with Gasteiger partial charge in [0.05, 0.1) is 17.6 Å². The highest BCUT2D eigenvalue weighted by Crippen LogP contribution is 2.26. The van der Waals surface area contributed by atoms with Crippen LogP contribution in [0.2, 0.25) is 0 Å². The van der Waals surface area contributed by atoms with Gasteiger partial charge in [0.15, 0.2) is 0 Å². The van der Waals surface area contributed by atoms with Gasteiger partial charge in [0.25, 0.3) is 0 Å². The summed E-state index contributed by atoms with van der Waals surface area (Å²) >= 11 is 0. The zero-order chi connectivity index (χ0) is 15.2. The van der Waals surface area contributed by atoms with Gasteiger partial charge in [-0.1, -0.05) is 13.3 Å². The van der Waals surface area contributed by atoms with Crippen LogP contribution in [0.15, 0.2) is 12.4 Å². The van der Waals surface area contributed by atoms with Crippen molar-refractivity contribution in [3.63, 3.8) is 0 Å². The van der Waals surface area contributed by atoms with E-state index in [4.69, 9.17) is 0 Å². The summed E-state index contributed by atoms with van der Waals surface area (Å²) in [5.41, 5.74) is -0.0481. The molecule has 118 valence electrons. The molecule has 0 radical (unpaired) electrons. The third-order valence-corrected chi connectivity index (χ3v) is 4.29. The number of nitro groups is 1. The summed E-state index contributed by atoms with van der Waals surface area (Å²) in [5.74, 6) is 0.859. The van der Waals surface area contributed by atoms with Crippen LogP contribution in [-0.2, 0) is 6.54 Å². The second-order valence-corrected chi connectivity index (χ2v) is 5.87. The molecule has 1 aromatic heterocycles. The predicted molar refractivity (Wildman–Crippen MR) is 78.9 cm³/mol. The number of hydrogen-bond donors (Lipinski definition) is 2. The van der Waals surface area contributed by atoms with Crippen molar-refractivity contribution >= 4 is 5.69 Å². The van der Waals surface area contributed by atoms with Crippen LogP contribution in [0.5, 0.6) is 0 Å². The molecular formula is C14H24N4O3. The number of aromatic nitrogens is 2. The fourth-order valence-corrected chi connectivity index (χ4v) is 2.90. The van der Waals surface area contributed by atoms with Gasteiger partial charge in [0.2, 0.25) is 0 Å². The Morgan fingerprint density at radius 1 is 1.52 bits per heavy atom. The first-order valence-electron chi connectivity index (χ1n) is 7.66. The zero-order valence-electron chi connectivity index (χ0n) is 12.4. The van der Waals surface area contributed by atoms with Gasteiger partial charge in [-0.05, 0) is 31.6 Å². The second kappa shape index (κ2) is 7.51. The molecular weight excluding hydrogens is 272 g/mol. The molecule has 7 nitrogen and oxygen atoms in total. The van der Waals surface area contributed by atoms with Crippen molar-refractivity contribution < 1.29 is 10.0 Å². The van der Waals surface area contributed by atoms with Gasteiger partial charge in [-0.3, -0.25) is 14.8 Å². The minimum atomic E-state index is -0.589. The maximum atomic E-state index is 10.6. The molecule has 0 aromatic carbocycles. The van der Waals surface area contributed by atoms with E-state index in [0.29, 0.717) is 12.6 Å². The van der Waals surface area contributed by atoms with Gasteiger partial charge >= 0.3 is 5.69 Å². The number of rotatable bonds is 7. The molecule has 0 spiro atoms. The highest BCUT2D eigenvalue weighted by Gasteiger charge is 2.20. The third kappa shape index (κ3) is 4.78. The average molecular weight is 296 g/mol. The summed E-state index contributed by atoms with van der Waals surface area (Å²) < 4.78 is 1.42. The highest BCUT2D eigenvalue weighted by molar-refractivity contribution is 5.20. The Balaban J connectivity index is 1.69. The van der Waals surface area contributed by atoms with E-state index in [1.54, 1.807) is 0 Å². The van der Waals surface area contributed by atoms with Crippen molar-refractivity contribution in [3.05, 3.63) is 22.5 Å². The Labute approximate surface area is 124 Å². The van der Waals surface area contributed by atoms with Crippen LogP contribution in [-0.4, -0.2) is 38.5 Å². The molecule has 0 amide bonds. The lowest BCUT2D eigenvalue weighted by molar-refractivity contribution is -0.385. The van der Waals surface area contributed by atoms with E-state index < -0.39 is 11.0 Å². The Hall–Kier alpha value is -1.47. The van der Waals surface area contributed by atoms with Crippen molar-refractivity contribution in [1.82, 2.24) is 15.1 Å². The lowest BCUT2D eigenvalue weighted by Crippen LogP contribution is -2.39. The Kier molecular flexibility index (Phi) is 5.69. The van der Waals surface area contributed by atoms with Crippen LogP contribution in [0.1, 0.15) is 39.0 Å². The molecule has 1 unspecified atom stereocenters. The number of nitrogens with one attached hydrogen (secondary N) is 1. The Bertz CT molecular complexity index is 455. The third-order valence-electron chi connectivity index (χ3n) is 4.29. The molecule has 1 aliphatic carbocycles. The van der Waals surface area contributed by atoms with Gasteiger partial charge in [-0.15, -0.1) is 0 Å². The second-order valence-electron chi connectivity index (χ2n) is 5.87. The summed E-state index contributed by atoms with van der Waals surface area (Å²) in [6.45, 7) is 3.01. The topological polar surface area (TPSA) is 93.2 Å². The van der Waals surface area contributed by atoms with Crippen molar-refractivity contribution in [2.75, 3.05) is 6.54 Å². The summed E-state index contributed by atoms with van der Waals surface area (Å²) in [5, 5.41) is 27.8. The van der Waals surface area contributed by atoms with Crippen LogP contribution in [0.25, 0.3) is 0 Å². The maximum Gasteiger partial charge on any atom is 0.306 e. The lowest BCUT2D eigenvalue weighted by atomic mass is 9.84. The van der Waals surface area contributed by atoms with Crippen molar-refractivity contribution in [2.45, 2.75) is 57.7 Å². The molecule has 1 saturated carbocycles. The molecule has 1 aromatic rings. The van der Waals surface area contributed by atoms with E-state index in [0.717, 1.165) is 5.92 Å². The molecule has 2 N–H and O–H groups in total. The van der Waals surface area contributed by atoms with E-state index >= 15 is 0 Å². The predicted octanol–water partition coefficient (Wildman–Crippen LogP) is 1.71. The first-order chi connectivity index (χ1) is 10.1. The molecule has 1 aliphatic rings. The van der Waals surface area contributed by atoms with Gasteiger partial charge in [-0.25, -0.2) is 0 Å². The fraction of sp³-hybridized carbons (Fsp3) is 0.786. The normalized spacial score (nSPS) is 23.9. The highest BCUT2D eigenvalue weighted by atomic mass is 16.6. The molecule has 0 bridgehead atoms. The summed E-state index contributed by atoms with van der Waals surface area (Å²) in [6, 6.07) is 0.481. The van der Waals surface area contributed by atoms with E-state index in [1.165, 1.54) is 49.2 Å². The van der Waals surface area contributed by atoms with E-state index in [1.807, 2.05) is 0 Å². The number of nitrogens with zero attached hydrogens (tertiary/aromatic N) is 3. The molecule has 1 fully saturated rings. The first-order valence-corrected chi connectivity index (χ1v) is 7.66. The number of aliphatic hydroxyl groups excluding tert-OH is 1. The van der Waals surface area contributed by atoms with Crippen LogP contribution < -0.4 is 5.32 Å². The van der Waals surface area contributed by atoms with Crippen LogP contribution in [0, 0.1) is 16.0 Å². The minimum Gasteiger partial charge on any atom is -0.390 e. The monoisotopic (exact) mass is 296 g/mol. The smallest absolute Gasteiger partial charge is 0.306 e. The van der Waals surface area contributed by atoms with Crippen LogP contribution >= 0.6 is 0 Å². The van der Waals surface area contributed by atoms with Gasteiger partial charge in [0, 0.05) is 12.6 Å². The SMILES string of the molecule is CCC1CCC(NCC(O)Cn2cc([N+](=O)[O-])cn2)CC1. The average Bonchev–Trinajstić information content (AvgIpc) is 2.94. The molecule has 0 saturated heterocycles. The van der Waals surface area contributed by atoms with E-state index in [2.05, 4.69) is 17.3 Å². The van der Waals surface area contributed by atoms with Gasteiger partial charge < -0.3 is 10.4 Å². The standard InChI is InChI=1S/C14H24N4O3/c1-2-11-3-5-12(6-4-11)15-8-14(19)10-17-9-13(7-16-17)18(20)21/h7,9,11-12,14-15,19H,2-6,8,10H2,1H3. The Morgan fingerprint density at radius 2 is 2.24 bits per heavy atom. The Morgan fingerprint density at radius 3 is 2.81 bits per heavy atom. The molecule has 1 heterocycles. The number of hydrogen-bond acceptors (Lipinski definition) is 5. The quantitative estimate of drug-likeness (QED) is 0.590. The zero-order valence-corrected chi connectivity index (χ0v) is 12.4. The summed E-state index contributed by atoms with van der Waals surface area (Å²) in [6.07, 6.45) is 8.06. The molecule has 21 heavy (non-hydrogen) atoms. The first kappa shape index (κ1) is 15.9. The van der Waals surface area contributed by atoms with Crippen molar-refractivity contribution in [3.8, 4) is 0 Å².